The molecule has 6 rings (SSSR count). The molecule has 0 amide bonds. The number of rotatable bonds is 2. The summed E-state index contributed by atoms with van der Waals surface area (Å²) in [6, 6.07) is 24.0. The fourth-order valence-electron chi connectivity index (χ4n) is 4.60. The number of hydrogen-bond acceptors (Lipinski definition) is 6. The molecule has 0 radical (unpaired) electrons. The van der Waals surface area contributed by atoms with E-state index in [-0.39, 0.29) is 17.7 Å². The van der Waals surface area contributed by atoms with E-state index in [9.17, 15) is 14.7 Å². The number of thioether (sulfide) groups is 1. The van der Waals surface area contributed by atoms with Gasteiger partial charge < -0.3 is 14.1 Å². The summed E-state index contributed by atoms with van der Waals surface area (Å²) in [5.74, 6) is -0.0366. The van der Waals surface area contributed by atoms with Crippen LogP contribution in [0.5, 0.6) is 5.75 Å². The van der Waals surface area contributed by atoms with Crippen molar-refractivity contribution in [1.82, 2.24) is 4.57 Å². The first-order chi connectivity index (χ1) is 17.0. The van der Waals surface area contributed by atoms with Crippen LogP contribution in [-0.4, -0.2) is 15.4 Å². The van der Waals surface area contributed by atoms with Crippen LogP contribution >= 0.6 is 11.8 Å². The summed E-state index contributed by atoms with van der Waals surface area (Å²) in [6.07, 6.45) is 0.267. The molecule has 172 valence electrons. The van der Waals surface area contributed by atoms with E-state index in [1.807, 2.05) is 60.7 Å². The van der Waals surface area contributed by atoms with Crippen LogP contribution in [0.25, 0.3) is 21.9 Å². The molecule has 0 aliphatic carbocycles. The van der Waals surface area contributed by atoms with Crippen molar-refractivity contribution in [2.75, 3.05) is 0 Å². The van der Waals surface area contributed by atoms with Gasteiger partial charge in [-0.2, -0.15) is 0 Å². The van der Waals surface area contributed by atoms with Crippen LogP contribution < -0.4 is 11.2 Å². The summed E-state index contributed by atoms with van der Waals surface area (Å²) in [6.45, 7) is 0. The molecule has 1 aliphatic rings. The quantitative estimate of drug-likeness (QED) is 0.327. The lowest BCUT2D eigenvalue weighted by molar-refractivity contribution is 0.471. The minimum absolute atomic E-state index is 0.0366. The molecular formula is C28H20N2O4S. The molecule has 3 aromatic carbocycles. The number of fused-ring (bicyclic) bond motifs is 3. The molecule has 5 aromatic rings. The van der Waals surface area contributed by atoms with Crippen molar-refractivity contribution in [2.24, 2.45) is 12.0 Å². The molecule has 0 unspecified atom stereocenters. The Labute approximate surface area is 204 Å². The second kappa shape index (κ2) is 8.29. The van der Waals surface area contributed by atoms with Crippen LogP contribution in [0.4, 0.5) is 5.69 Å². The molecule has 0 saturated heterocycles. The molecule has 0 bridgehead atoms. The first-order valence-corrected chi connectivity index (χ1v) is 12.1. The van der Waals surface area contributed by atoms with Crippen LogP contribution in [0.2, 0.25) is 0 Å². The van der Waals surface area contributed by atoms with Gasteiger partial charge in [0.1, 0.15) is 11.3 Å². The number of para-hydroxylation sites is 3. The molecule has 0 fully saturated rings. The van der Waals surface area contributed by atoms with Gasteiger partial charge in [0.15, 0.2) is 0 Å². The van der Waals surface area contributed by atoms with E-state index in [1.165, 1.54) is 11.8 Å². The van der Waals surface area contributed by atoms with Gasteiger partial charge in [0.05, 0.1) is 28.0 Å². The Morgan fingerprint density at radius 3 is 2.63 bits per heavy atom. The first kappa shape index (κ1) is 21.4. The monoisotopic (exact) mass is 480 g/mol. The number of pyridine rings is 1. The average Bonchev–Trinajstić information content (AvgIpc) is 3.06. The third kappa shape index (κ3) is 3.56. The zero-order valence-corrected chi connectivity index (χ0v) is 19.6. The summed E-state index contributed by atoms with van der Waals surface area (Å²) in [5, 5.41) is 12.2. The number of benzene rings is 3. The highest BCUT2D eigenvalue weighted by Gasteiger charge is 2.30. The van der Waals surface area contributed by atoms with Gasteiger partial charge in [-0.1, -0.05) is 42.5 Å². The van der Waals surface area contributed by atoms with Gasteiger partial charge in [-0.3, -0.25) is 9.79 Å². The van der Waals surface area contributed by atoms with Gasteiger partial charge in [0.25, 0.3) is 5.56 Å². The second-order valence-corrected chi connectivity index (χ2v) is 9.71. The van der Waals surface area contributed by atoms with E-state index in [2.05, 4.69) is 0 Å². The van der Waals surface area contributed by atoms with Crippen molar-refractivity contribution < 1.29 is 9.52 Å². The molecule has 3 heterocycles. The van der Waals surface area contributed by atoms with Crippen molar-refractivity contribution in [3.05, 3.63) is 111 Å². The minimum atomic E-state index is -0.485. The van der Waals surface area contributed by atoms with Gasteiger partial charge in [0.2, 0.25) is 0 Å². The number of nitrogens with zero attached hydrogens (tertiary/aromatic N) is 2. The van der Waals surface area contributed by atoms with Gasteiger partial charge in [0, 0.05) is 34.4 Å². The first-order valence-electron chi connectivity index (χ1n) is 11.2. The molecular weight excluding hydrogens is 460 g/mol. The summed E-state index contributed by atoms with van der Waals surface area (Å²) >= 11 is 1.46. The Bertz CT molecular complexity index is 1780. The van der Waals surface area contributed by atoms with Gasteiger partial charge >= 0.3 is 5.63 Å². The fraction of sp³-hybridized carbons (Fsp3) is 0.107. The molecule has 1 N–H and O–H groups in total. The molecule has 1 atom stereocenters. The maximum Gasteiger partial charge on any atom is 0.345 e. The van der Waals surface area contributed by atoms with Gasteiger partial charge in [-0.15, -0.1) is 11.8 Å². The highest BCUT2D eigenvalue weighted by atomic mass is 32.2. The normalized spacial score (nSPS) is 15.6. The molecule has 1 aliphatic heterocycles. The van der Waals surface area contributed by atoms with Crippen molar-refractivity contribution in [3.63, 3.8) is 0 Å². The Kier molecular flexibility index (Phi) is 5.07. The van der Waals surface area contributed by atoms with Crippen molar-refractivity contribution in [1.29, 1.82) is 0 Å². The highest BCUT2D eigenvalue weighted by Crippen LogP contribution is 2.47. The lowest BCUT2D eigenvalue weighted by Gasteiger charge is -2.19. The molecule has 0 saturated carbocycles. The Hall–Kier alpha value is -4.10. The zero-order chi connectivity index (χ0) is 24.1. The standard InChI is InChI=1S/C28H20N2O4S/c1-30-21-11-5-3-9-17(21)26(31)25(27(30)32)24-15-20(29-19-10-4-7-13-23(19)35-24)18-14-16-8-2-6-12-22(16)34-28(18)33/h2-14,24,31H,15H2,1H3/t24-/m0/s1. The zero-order valence-electron chi connectivity index (χ0n) is 18.8. The Morgan fingerprint density at radius 1 is 1.00 bits per heavy atom. The Balaban J connectivity index is 1.58. The van der Waals surface area contributed by atoms with Gasteiger partial charge in [-0.05, 0) is 36.4 Å². The number of hydrogen-bond donors (Lipinski definition) is 1. The Morgan fingerprint density at radius 2 is 1.74 bits per heavy atom. The maximum absolute atomic E-state index is 13.5. The van der Waals surface area contributed by atoms with E-state index >= 15 is 0 Å². The van der Waals surface area contributed by atoms with Crippen LogP contribution in [0.1, 0.15) is 22.8 Å². The molecule has 2 aromatic heterocycles. The van der Waals surface area contributed by atoms with Crippen molar-refractivity contribution >= 4 is 45.0 Å². The number of aliphatic imine (C=N–C) groups is 1. The summed E-state index contributed by atoms with van der Waals surface area (Å²) in [4.78, 5) is 32.2. The lowest BCUT2D eigenvalue weighted by atomic mass is 10.00. The van der Waals surface area contributed by atoms with E-state index in [4.69, 9.17) is 9.41 Å². The van der Waals surface area contributed by atoms with Crippen molar-refractivity contribution in [3.8, 4) is 5.75 Å². The average molecular weight is 481 g/mol. The second-order valence-electron chi connectivity index (χ2n) is 8.47. The summed E-state index contributed by atoms with van der Waals surface area (Å²) in [7, 11) is 1.70. The van der Waals surface area contributed by atoms with E-state index in [0.717, 1.165) is 10.3 Å². The highest BCUT2D eigenvalue weighted by molar-refractivity contribution is 7.99. The predicted molar refractivity (Wildman–Crippen MR) is 139 cm³/mol. The van der Waals surface area contributed by atoms with Crippen LogP contribution in [0, 0.1) is 0 Å². The molecule has 6 nitrogen and oxygen atoms in total. The molecule has 35 heavy (non-hydrogen) atoms. The van der Waals surface area contributed by atoms with Gasteiger partial charge in [-0.25, -0.2) is 4.79 Å². The van der Waals surface area contributed by atoms with E-state index in [1.54, 1.807) is 29.8 Å². The summed E-state index contributed by atoms with van der Waals surface area (Å²) < 4.78 is 7.14. The molecule has 7 heteroatoms. The van der Waals surface area contributed by atoms with Crippen molar-refractivity contribution in [2.45, 2.75) is 16.6 Å². The molecule has 0 spiro atoms. The largest absolute Gasteiger partial charge is 0.507 e. The number of aromatic nitrogens is 1. The third-order valence-electron chi connectivity index (χ3n) is 6.35. The van der Waals surface area contributed by atoms with E-state index < -0.39 is 10.9 Å². The minimum Gasteiger partial charge on any atom is -0.507 e. The van der Waals surface area contributed by atoms with E-state index in [0.29, 0.717) is 39.0 Å². The smallest absolute Gasteiger partial charge is 0.345 e. The SMILES string of the molecule is Cn1c(=O)c([C@@H]2CC(c3cc4ccccc4oc3=O)=Nc3ccccc3S2)c(O)c2ccccc21. The predicted octanol–water partition coefficient (Wildman–Crippen LogP) is 5.71. The lowest BCUT2D eigenvalue weighted by Crippen LogP contribution is -2.24. The van der Waals surface area contributed by atoms with Crippen LogP contribution in [-0.2, 0) is 7.05 Å². The third-order valence-corrected chi connectivity index (χ3v) is 7.64. The number of aryl methyl sites for hydroxylation is 1. The number of aromatic hydroxyl groups is 1. The topological polar surface area (TPSA) is 84.8 Å². The van der Waals surface area contributed by atoms with Crippen LogP contribution in [0.15, 0.2) is 103 Å². The maximum atomic E-state index is 13.5. The fourth-order valence-corrected chi connectivity index (χ4v) is 5.87. The summed E-state index contributed by atoms with van der Waals surface area (Å²) in [5.41, 5.74) is 2.27. The van der Waals surface area contributed by atoms with Crippen LogP contribution in [0.3, 0.4) is 0 Å².